The van der Waals surface area contributed by atoms with E-state index in [4.69, 9.17) is 17.3 Å². The SMILES string of the molecule is CN(C)Cc1ccc(CNC(=O)c2cccc(CNC(=O)Nc3ccc(N)c(Cl)c3)c2)cc1. The molecular formula is C25H28ClN5O2. The molecule has 0 aromatic heterocycles. The number of nitrogens with two attached hydrogens (primary N) is 1. The molecule has 5 N–H and O–H groups in total. The van der Waals surface area contributed by atoms with Gasteiger partial charge in [-0.15, -0.1) is 0 Å². The van der Waals surface area contributed by atoms with Crippen molar-refractivity contribution in [3.8, 4) is 0 Å². The highest BCUT2D eigenvalue weighted by atomic mass is 35.5. The zero-order chi connectivity index (χ0) is 23.8. The van der Waals surface area contributed by atoms with Crippen molar-refractivity contribution in [3.05, 3.63) is 94.0 Å². The van der Waals surface area contributed by atoms with Crippen molar-refractivity contribution in [1.29, 1.82) is 0 Å². The first-order chi connectivity index (χ1) is 15.8. The molecule has 0 saturated heterocycles. The summed E-state index contributed by atoms with van der Waals surface area (Å²) in [5.41, 5.74) is 10.2. The second-order valence-electron chi connectivity index (χ2n) is 7.98. The Balaban J connectivity index is 1.50. The second-order valence-corrected chi connectivity index (χ2v) is 8.39. The molecule has 0 aliphatic rings. The van der Waals surface area contributed by atoms with Crippen molar-refractivity contribution < 1.29 is 9.59 Å². The fourth-order valence-corrected chi connectivity index (χ4v) is 3.38. The van der Waals surface area contributed by atoms with E-state index >= 15 is 0 Å². The van der Waals surface area contributed by atoms with E-state index in [9.17, 15) is 9.59 Å². The molecule has 0 saturated carbocycles. The standard InChI is InChI=1S/C25H28ClN5O2/c1-31(2)16-18-8-6-17(7-9-18)14-28-24(32)20-5-3-4-19(12-20)15-29-25(33)30-21-10-11-23(27)22(26)13-21/h3-13H,14-16,27H2,1-2H3,(H,28,32)(H2,29,30,33). The molecule has 3 aromatic carbocycles. The van der Waals surface area contributed by atoms with Gasteiger partial charge in [0.05, 0.1) is 10.7 Å². The van der Waals surface area contributed by atoms with Gasteiger partial charge in [-0.25, -0.2) is 4.79 Å². The number of hydrogen-bond acceptors (Lipinski definition) is 4. The molecule has 0 aliphatic carbocycles. The summed E-state index contributed by atoms with van der Waals surface area (Å²) in [6, 6.07) is 19.8. The van der Waals surface area contributed by atoms with Gasteiger partial charge in [0.2, 0.25) is 0 Å². The van der Waals surface area contributed by atoms with Gasteiger partial charge in [0.1, 0.15) is 0 Å². The summed E-state index contributed by atoms with van der Waals surface area (Å²) in [6.07, 6.45) is 0. The number of nitrogens with zero attached hydrogens (tertiary/aromatic N) is 1. The molecule has 0 atom stereocenters. The Labute approximate surface area is 198 Å². The highest BCUT2D eigenvalue weighted by Gasteiger charge is 2.08. The third-order valence-electron chi connectivity index (χ3n) is 4.88. The largest absolute Gasteiger partial charge is 0.398 e. The van der Waals surface area contributed by atoms with E-state index in [1.54, 1.807) is 36.4 Å². The van der Waals surface area contributed by atoms with Crippen molar-refractivity contribution in [1.82, 2.24) is 15.5 Å². The van der Waals surface area contributed by atoms with Crippen molar-refractivity contribution >= 4 is 34.9 Å². The molecule has 172 valence electrons. The van der Waals surface area contributed by atoms with Gasteiger partial charge in [-0.3, -0.25) is 4.79 Å². The van der Waals surface area contributed by atoms with E-state index in [0.717, 1.165) is 17.7 Å². The molecule has 0 unspecified atom stereocenters. The van der Waals surface area contributed by atoms with Gasteiger partial charge in [0, 0.05) is 30.9 Å². The Kier molecular flexibility index (Phi) is 8.29. The third-order valence-corrected chi connectivity index (χ3v) is 5.20. The van der Waals surface area contributed by atoms with Gasteiger partial charge in [0.25, 0.3) is 5.91 Å². The summed E-state index contributed by atoms with van der Waals surface area (Å²) in [4.78, 5) is 26.9. The van der Waals surface area contributed by atoms with Crippen LogP contribution < -0.4 is 21.7 Å². The van der Waals surface area contributed by atoms with Gasteiger partial charge in [0.15, 0.2) is 0 Å². The molecule has 3 aromatic rings. The minimum absolute atomic E-state index is 0.171. The first-order valence-corrected chi connectivity index (χ1v) is 10.9. The van der Waals surface area contributed by atoms with Crippen molar-refractivity contribution in [2.75, 3.05) is 25.1 Å². The quantitative estimate of drug-likeness (QED) is 0.374. The fraction of sp³-hybridized carbons (Fsp3) is 0.200. The Bertz CT molecular complexity index is 1120. The van der Waals surface area contributed by atoms with E-state index < -0.39 is 0 Å². The number of rotatable bonds is 8. The molecule has 0 spiro atoms. The van der Waals surface area contributed by atoms with Crippen molar-refractivity contribution in [3.63, 3.8) is 0 Å². The Hall–Kier alpha value is -3.55. The monoisotopic (exact) mass is 465 g/mol. The van der Waals surface area contributed by atoms with Crippen LogP contribution in [0, 0.1) is 0 Å². The molecule has 3 rings (SSSR count). The maximum absolute atomic E-state index is 12.6. The number of urea groups is 1. The van der Waals surface area contributed by atoms with Crippen LogP contribution >= 0.6 is 11.6 Å². The van der Waals surface area contributed by atoms with Crippen LogP contribution in [0.1, 0.15) is 27.0 Å². The minimum Gasteiger partial charge on any atom is -0.398 e. The van der Waals surface area contributed by atoms with Gasteiger partial charge < -0.3 is 26.6 Å². The van der Waals surface area contributed by atoms with Crippen LogP contribution in [0.25, 0.3) is 0 Å². The van der Waals surface area contributed by atoms with Gasteiger partial charge in [-0.05, 0) is 61.1 Å². The zero-order valence-electron chi connectivity index (χ0n) is 18.7. The van der Waals surface area contributed by atoms with Crippen LogP contribution in [-0.2, 0) is 19.6 Å². The average molecular weight is 466 g/mol. The molecule has 0 bridgehead atoms. The number of carbonyl (C=O) groups is 2. The van der Waals surface area contributed by atoms with Crippen molar-refractivity contribution in [2.45, 2.75) is 19.6 Å². The highest BCUT2D eigenvalue weighted by molar-refractivity contribution is 6.33. The van der Waals surface area contributed by atoms with Crippen LogP contribution in [0.3, 0.4) is 0 Å². The fourth-order valence-electron chi connectivity index (χ4n) is 3.20. The lowest BCUT2D eigenvalue weighted by Crippen LogP contribution is -2.28. The number of halogens is 1. The van der Waals surface area contributed by atoms with E-state index in [-0.39, 0.29) is 18.5 Å². The van der Waals surface area contributed by atoms with Crippen LogP contribution in [0.4, 0.5) is 16.2 Å². The number of nitrogen functional groups attached to an aromatic ring is 1. The number of anilines is 2. The second kappa shape index (κ2) is 11.4. The van der Waals surface area contributed by atoms with Crippen LogP contribution in [0.2, 0.25) is 5.02 Å². The van der Waals surface area contributed by atoms with E-state index in [2.05, 4.69) is 33.0 Å². The van der Waals surface area contributed by atoms with E-state index in [1.165, 1.54) is 5.56 Å². The summed E-state index contributed by atoms with van der Waals surface area (Å²) in [5.74, 6) is -0.171. The maximum Gasteiger partial charge on any atom is 0.319 e. The summed E-state index contributed by atoms with van der Waals surface area (Å²) < 4.78 is 0. The third kappa shape index (κ3) is 7.52. The number of nitrogens with one attached hydrogen (secondary N) is 3. The lowest BCUT2D eigenvalue weighted by molar-refractivity contribution is 0.0951. The van der Waals surface area contributed by atoms with Crippen molar-refractivity contribution in [2.24, 2.45) is 0 Å². The highest BCUT2D eigenvalue weighted by Crippen LogP contribution is 2.22. The molecule has 7 nitrogen and oxygen atoms in total. The van der Waals surface area contributed by atoms with E-state index in [1.807, 2.05) is 32.3 Å². The van der Waals surface area contributed by atoms with E-state index in [0.29, 0.717) is 28.5 Å². The van der Waals surface area contributed by atoms with Gasteiger partial charge >= 0.3 is 6.03 Å². The Morgan fingerprint density at radius 3 is 2.27 bits per heavy atom. The topological polar surface area (TPSA) is 99.5 Å². The molecule has 33 heavy (non-hydrogen) atoms. The smallest absolute Gasteiger partial charge is 0.319 e. The lowest BCUT2D eigenvalue weighted by Gasteiger charge is -2.11. The Morgan fingerprint density at radius 2 is 1.58 bits per heavy atom. The van der Waals surface area contributed by atoms with Crippen LogP contribution in [0.15, 0.2) is 66.7 Å². The zero-order valence-corrected chi connectivity index (χ0v) is 19.4. The van der Waals surface area contributed by atoms with Gasteiger partial charge in [-0.2, -0.15) is 0 Å². The Morgan fingerprint density at radius 1 is 0.879 bits per heavy atom. The number of amides is 3. The predicted octanol–water partition coefficient (Wildman–Crippen LogP) is 4.24. The summed E-state index contributed by atoms with van der Waals surface area (Å²) in [5, 5.41) is 8.77. The number of benzene rings is 3. The average Bonchev–Trinajstić information content (AvgIpc) is 2.79. The molecular weight excluding hydrogens is 438 g/mol. The van der Waals surface area contributed by atoms with Crippen LogP contribution in [0.5, 0.6) is 0 Å². The first-order valence-electron chi connectivity index (χ1n) is 10.5. The predicted molar refractivity (Wildman–Crippen MR) is 133 cm³/mol. The number of hydrogen-bond donors (Lipinski definition) is 4. The molecule has 0 heterocycles. The van der Waals surface area contributed by atoms with Crippen LogP contribution in [-0.4, -0.2) is 30.9 Å². The summed E-state index contributed by atoms with van der Waals surface area (Å²) in [6.45, 7) is 1.58. The normalized spacial score (nSPS) is 10.7. The molecule has 0 fully saturated rings. The maximum atomic E-state index is 12.6. The minimum atomic E-state index is -0.386. The summed E-state index contributed by atoms with van der Waals surface area (Å²) >= 11 is 5.97. The number of carbonyl (C=O) groups excluding carboxylic acids is 2. The molecule has 3 amide bonds. The lowest BCUT2D eigenvalue weighted by atomic mass is 10.1. The molecule has 0 aliphatic heterocycles. The van der Waals surface area contributed by atoms with Gasteiger partial charge in [-0.1, -0.05) is 48.0 Å². The summed E-state index contributed by atoms with van der Waals surface area (Å²) in [7, 11) is 4.06. The molecule has 8 heteroatoms. The first kappa shape index (κ1) is 24.1. The molecule has 0 radical (unpaired) electrons.